The van der Waals surface area contributed by atoms with E-state index in [1.165, 1.54) is 0 Å². The van der Waals surface area contributed by atoms with Crippen LogP contribution in [-0.2, 0) is 17.8 Å². The van der Waals surface area contributed by atoms with Crippen molar-refractivity contribution in [2.45, 2.75) is 65.2 Å². The molecule has 1 aromatic carbocycles. The van der Waals surface area contributed by atoms with Crippen molar-refractivity contribution in [1.82, 2.24) is 29.1 Å². The topological polar surface area (TPSA) is 91.8 Å². The van der Waals surface area contributed by atoms with Gasteiger partial charge in [-0.3, -0.25) is 19.0 Å². The summed E-state index contributed by atoms with van der Waals surface area (Å²) in [7, 11) is 0. The molecule has 1 N–H and O–H groups in total. The molecular formula is C30H33N7O2. The Kier molecular flexibility index (Phi) is 5.77. The summed E-state index contributed by atoms with van der Waals surface area (Å²) in [6, 6.07) is 8.61. The average Bonchev–Trinajstić information content (AvgIpc) is 3.61. The van der Waals surface area contributed by atoms with Crippen LogP contribution in [0.2, 0.25) is 0 Å². The minimum atomic E-state index is -0.0778. The number of aromatic nitrogens is 6. The van der Waals surface area contributed by atoms with Gasteiger partial charge in [-0.05, 0) is 69.4 Å². The van der Waals surface area contributed by atoms with Crippen LogP contribution in [0.25, 0.3) is 33.1 Å². The molecule has 2 aliphatic heterocycles. The Morgan fingerprint density at radius 1 is 1.05 bits per heavy atom. The summed E-state index contributed by atoms with van der Waals surface area (Å²) in [6.07, 6.45) is 8.80. The Bertz CT molecular complexity index is 1770. The highest BCUT2D eigenvalue weighted by Crippen LogP contribution is 2.35. The van der Waals surface area contributed by atoms with Crippen molar-refractivity contribution < 1.29 is 4.74 Å². The van der Waals surface area contributed by atoms with Crippen LogP contribution in [0.15, 0.2) is 47.7 Å². The fourth-order valence-corrected chi connectivity index (χ4v) is 6.27. The summed E-state index contributed by atoms with van der Waals surface area (Å²) in [5.41, 5.74) is 6.91. The minimum Gasteiger partial charge on any atom is -0.381 e. The first-order valence-electron chi connectivity index (χ1n) is 13.9. The molecule has 4 aromatic heterocycles. The molecule has 0 spiro atoms. The zero-order valence-corrected chi connectivity index (χ0v) is 22.6. The number of nitrogens with zero attached hydrogens (tertiary/aromatic N) is 6. The lowest BCUT2D eigenvalue weighted by atomic mass is 9.95. The molecule has 0 saturated carbocycles. The molecule has 7 rings (SSSR count). The van der Waals surface area contributed by atoms with Crippen LogP contribution in [0.4, 0.5) is 5.69 Å². The van der Waals surface area contributed by atoms with E-state index in [4.69, 9.17) is 14.8 Å². The zero-order valence-electron chi connectivity index (χ0n) is 22.6. The molecule has 0 bridgehead atoms. The Hall–Kier alpha value is -3.98. The maximum atomic E-state index is 13.6. The van der Waals surface area contributed by atoms with Crippen molar-refractivity contribution in [1.29, 1.82) is 0 Å². The predicted octanol–water partition coefficient (Wildman–Crippen LogP) is 5.15. The molecule has 0 radical (unpaired) electrons. The normalized spacial score (nSPS) is 16.7. The maximum Gasteiger partial charge on any atom is 0.260 e. The molecule has 1 unspecified atom stereocenters. The standard InChI is InChI=1S/C30H33N7O2/c1-18-13-23(27-24(14-18)30(38)35-9-4-10-36-29(35)25(27)16-32-36)20(3)34-26-6-5-19(2)33-28(26)21-15-31-37(17-21)22-7-11-39-12-8-22/h5-6,13-17,20,22,34H,4,7-12H2,1-3H3. The maximum absolute atomic E-state index is 13.6. The third kappa shape index (κ3) is 4.03. The van der Waals surface area contributed by atoms with Crippen LogP contribution < -0.4 is 10.9 Å². The Labute approximate surface area is 226 Å². The highest BCUT2D eigenvalue weighted by atomic mass is 16.5. The fourth-order valence-electron chi connectivity index (χ4n) is 6.27. The van der Waals surface area contributed by atoms with Crippen LogP contribution >= 0.6 is 0 Å². The van der Waals surface area contributed by atoms with Crippen LogP contribution in [-0.4, -0.2) is 42.3 Å². The van der Waals surface area contributed by atoms with Gasteiger partial charge in [0.15, 0.2) is 0 Å². The number of anilines is 1. The van der Waals surface area contributed by atoms with Crippen LogP contribution in [0.3, 0.4) is 0 Å². The molecule has 5 aromatic rings. The molecule has 2 aliphatic rings. The molecule has 39 heavy (non-hydrogen) atoms. The smallest absolute Gasteiger partial charge is 0.260 e. The molecule has 9 heteroatoms. The Morgan fingerprint density at radius 2 is 1.90 bits per heavy atom. The third-order valence-electron chi connectivity index (χ3n) is 8.19. The lowest BCUT2D eigenvalue weighted by molar-refractivity contribution is 0.0662. The van der Waals surface area contributed by atoms with Crippen molar-refractivity contribution in [3.8, 4) is 11.3 Å². The molecule has 1 fully saturated rings. The molecule has 0 amide bonds. The first kappa shape index (κ1) is 24.1. The van der Waals surface area contributed by atoms with E-state index in [-0.39, 0.29) is 11.6 Å². The highest BCUT2D eigenvalue weighted by Gasteiger charge is 2.24. The highest BCUT2D eigenvalue weighted by molar-refractivity contribution is 6.07. The van der Waals surface area contributed by atoms with E-state index >= 15 is 0 Å². The molecule has 6 heterocycles. The number of pyridine rings is 2. The number of hydrogen-bond acceptors (Lipinski definition) is 6. The number of hydrogen-bond donors (Lipinski definition) is 1. The van der Waals surface area contributed by atoms with E-state index in [1.54, 1.807) is 0 Å². The van der Waals surface area contributed by atoms with Crippen molar-refractivity contribution in [2.75, 3.05) is 18.5 Å². The van der Waals surface area contributed by atoms with Gasteiger partial charge in [0.05, 0.1) is 29.8 Å². The van der Waals surface area contributed by atoms with E-state index in [0.717, 1.165) is 101 Å². The monoisotopic (exact) mass is 523 g/mol. The summed E-state index contributed by atoms with van der Waals surface area (Å²) >= 11 is 0. The number of rotatable bonds is 5. The lowest BCUT2D eigenvalue weighted by Crippen LogP contribution is -2.27. The van der Waals surface area contributed by atoms with Gasteiger partial charge in [0.2, 0.25) is 0 Å². The first-order valence-corrected chi connectivity index (χ1v) is 13.9. The lowest BCUT2D eigenvalue weighted by Gasteiger charge is -2.23. The first-order chi connectivity index (χ1) is 19.0. The molecule has 200 valence electrons. The van der Waals surface area contributed by atoms with Crippen LogP contribution in [0, 0.1) is 13.8 Å². The van der Waals surface area contributed by atoms with E-state index in [0.29, 0.717) is 6.04 Å². The van der Waals surface area contributed by atoms with Gasteiger partial charge in [0.25, 0.3) is 5.56 Å². The van der Waals surface area contributed by atoms with Gasteiger partial charge < -0.3 is 10.1 Å². The van der Waals surface area contributed by atoms with E-state index in [9.17, 15) is 4.79 Å². The molecular weight excluding hydrogens is 490 g/mol. The number of fused-ring (bicyclic) bond motifs is 2. The molecule has 1 atom stereocenters. The predicted molar refractivity (Wildman–Crippen MR) is 152 cm³/mol. The number of aryl methyl sites for hydroxylation is 4. The van der Waals surface area contributed by atoms with E-state index in [1.807, 2.05) is 40.7 Å². The second kappa shape index (κ2) is 9.34. The second-order valence-corrected chi connectivity index (χ2v) is 11.0. The SMILES string of the molecule is Cc1cc(C(C)Nc2ccc(C)nc2-c2cnn(C3CCOCC3)c2)c2c(c1)c(=O)n1c3c2cnn3CCC1. The summed E-state index contributed by atoms with van der Waals surface area (Å²) in [5.74, 6) is 0. The summed E-state index contributed by atoms with van der Waals surface area (Å²) in [4.78, 5) is 18.5. The summed E-state index contributed by atoms with van der Waals surface area (Å²) < 4.78 is 11.5. The summed E-state index contributed by atoms with van der Waals surface area (Å²) in [6.45, 7) is 9.33. The molecule has 1 saturated heterocycles. The largest absolute Gasteiger partial charge is 0.381 e. The van der Waals surface area contributed by atoms with Gasteiger partial charge in [-0.2, -0.15) is 10.2 Å². The van der Waals surface area contributed by atoms with Crippen molar-refractivity contribution in [3.05, 3.63) is 70.0 Å². The van der Waals surface area contributed by atoms with Crippen molar-refractivity contribution in [3.63, 3.8) is 0 Å². The number of ether oxygens (including phenoxy) is 1. The van der Waals surface area contributed by atoms with Gasteiger partial charge in [0.1, 0.15) is 5.65 Å². The van der Waals surface area contributed by atoms with E-state index < -0.39 is 0 Å². The van der Waals surface area contributed by atoms with Gasteiger partial charge in [-0.15, -0.1) is 0 Å². The van der Waals surface area contributed by atoms with Crippen LogP contribution in [0.5, 0.6) is 0 Å². The van der Waals surface area contributed by atoms with Gasteiger partial charge in [0, 0.05) is 66.0 Å². The Balaban J connectivity index is 1.31. The van der Waals surface area contributed by atoms with Gasteiger partial charge in [-0.1, -0.05) is 6.07 Å². The molecule has 0 aliphatic carbocycles. The van der Waals surface area contributed by atoms with Gasteiger partial charge in [-0.25, -0.2) is 4.68 Å². The molecule has 9 nitrogen and oxygen atoms in total. The third-order valence-corrected chi connectivity index (χ3v) is 8.19. The minimum absolute atomic E-state index is 0.0642. The van der Waals surface area contributed by atoms with Crippen molar-refractivity contribution >= 4 is 27.5 Å². The average molecular weight is 524 g/mol. The van der Waals surface area contributed by atoms with E-state index in [2.05, 4.69) is 47.3 Å². The van der Waals surface area contributed by atoms with Gasteiger partial charge >= 0.3 is 0 Å². The summed E-state index contributed by atoms with van der Waals surface area (Å²) in [5, 5.41) is 15.8. The quantitative estimate of drug-likeness (QED) is 0.342. The number of nitrogens with one attached hydrogen (secondary N) is 1. The fraction of sp³-hybridized carbons (Fsp3) is 0.400. The number of benzene rings is 1. The Morgan fingerprint density at radius 3 is 2.74 bits per heavy atom. The zero-order chi connectivity index (χ0) is 26.7. The van der Waals surface area contributed by atoms with Crippen LogP contribution in [0.1, 0.15) is 55.1 Å². The second-order valence-electron chi connectivity index (χ2n) is 11.0. The van der Waals surface area contributed by atoms with Crippen molar-refractivity contribution in [2.24, 2.45) is 0 Å².